The van der Waals surface area contributed by atoms with Gasteiger partial charge < -0.3 is 19.5 Å². The van der Waals surface area contributed by atoms with Crippen molar-refractivity contribution in [3.05, 3.63) is 46.9 Å². The molecule has 1 aliphatic rings. The molecule has 1 aliphatic heterocycles. The number of halogens is 2. The van der Waals surface area contributed by atoms with Crippen molar-refractivity contribution >= 4 is 38.3 Å². The number of benzene rings is 2. The molecule has 2 heterocycles. The number of anilines is 2. The molecule has 1 aromatic heterocycles. The fraction of sp³-hybridized carbons (Fsp3) is 0.333. The second kappa shape index (κ2) is 8.92. The van der Waals surface area contributed by atoms with E-state index >= 15 is 0 Å². The Labute approximate surface area is 176 Å². The molecule has 8 heteroatoms. The topological polar surface area (TPSA) is 65.5 Å². The summed E-state index contributed by atoms with van der Waals surface area (Å²) in [7, 11) is 1.59. The van der Waals surface area contributed by atoms with Gasteiger partial charge in [0.05, 0.1) is 24.9 Å². The standard InChI is InChI=1S/C21H21BrFN3O3/c1-27-19-9-15-18(10-20(19)29-11-13-4-6-28-7-5-13)24-12-25-21(15)26-17-3-2-14(22)8-16(17)23/h2-3,8-10,12-13H,4-7,11H2,1H3,(H,24,25,26). The van der Waals surface area contributed by atoms with Crippen LogP contribution in [0.2, 0.25) is 0 Å². The van der Waals surface area contributed by atoms with E-state index in [1.165, 1.54) is 12.4 Å². The predicted molar refractivity (Wildman–Crippen MR) is 113 cm³/mol. The first kappa shape index (κ1) is 19.8. The molecule has 1 fully saturated rings. The van der Waals surface area contributed by atoms with Gasteiger partial charge in [-0.05, 0) is 43.0 Å². The fourth-order valence-corrected chi connectivity index (χ4v) is 3.61. The van der Waals surface area contributed by atoms with Crippen LogP contribution in [-0.2, 0) is 4.74 Å². The van der Waals surface area contributed by atoms with Crippen molar-refractivity contribution in [2.75, 3.05) is 32.2 Å². The van der Waals surface area contributed by atoms with Crippen LogP contribution in [0.5, 0.6) is 11.5 Å². The van der Waals surface area contributed by atoms with E-state index in [1.807, 2.05) is 12.1 Å². The first-order valence-corrected chi connectivity index (χ1v) is 10.2. The number of aromatic nitrogens is 2. The molecule has 6 nitrogen and oxygen atoms in total. The number of nitrogens with one attached hydrogen (secondary N) is 1. The van der Waals surface area contributed by atoms with Crippen LogP contribution >= 0.6 is 15.9 Å². The summed E-state index contributed by atoms with van der Waals surface area (Å²) < 4.78 is 31.9. The lowest BCUT2D eigenvalue weighted by molar-refractivity contribution is 0.0494. The molecule has 0 unspecified atom stereocenters. The molecule has 0 atom stereocenters. The van der Waals surface area contributed by atoms with Crippen LogP contribution in [0, 0.1) is 11.7 Å². The van der Waals surface area contributed by atoms with Gasteiger partial charge in [0.1, 0.15) is 18.0 Å². The molecule has 1 saturated heterocycles. The maximum Gasteiger partial charge on any atom is 0.163 e. The Morgan fingerprint density at radius 1 is 1.17 bits per heavy atom. The van der Waals surface area contributed by atoms with Crippen LogP contribution in [-0.4, -0.2) is 36.9 Å². The van der Waals surface area contributed by atoms with Gasteiger partial charge in [-0.1, -0.05) is 15.9 Å². The molecule has 29 heavy (non-hydrogen) atoms. The maximum atomic E-state index is 14.2. The Morgan fingerprint density at radius 2 is 2.00 bits per heavy atom. The van der Waals surface area contributed by atoms with Crippen LogP contribution in [0.25, 0.3) is 10.9 Å². The van der Waals surface area contributed by atoms with Gasteiger partial charge in [0.15, 0.2) is 11.5 Å². The summed E-state index contributed by atoms with van der Waals surface area (Å²) in [4.78, 5) is 8.62. The third kappa shape index (κ3) is 4.59. The van der Waals surface area contributed by atoms with Gasteiger partial charge in [-0.15, -0.1) is 0 Å². The molecule has 0 radical (unpaired) electrons. The normalized spacial score (nSPS) is 14.7. The highest BCUT2D eigenvalue weighted by atomic mass is 79.9. The Bertz CT molecular complexity index is 1010. The fourth-order valence-electron chi connectivity index (χ4n) is 3.28. The predicted octanol–water partition coefficient (Wildman–Crippen LogP) is 5.09. The summed E-state index contributed by atoms with van der Waals surface area (Å²) in [6.45, 7) is 2.15. The minimum Gasteiger partial charge on any atom is -0.493 e. The zero-order valence-corrected chi connectivity index (χ0v) is 17.5. The summed E-state index contributed by atoms with van der Waals surface area (Å²) in [5.74, 6) is 1.79. The molecule has 0 bridgehead atoms. The highest BCUT2D eigenvalue weighted by molar-refractivity contribution is 9.10. The van der Waals surface area contributed by atoms with Crippen molar-refractivity contribution in [3.63, 3.8) is 0 Å². The third-order valence-corrected chi connectivity index (χ3v) is 5.41. The third-order valence-electron chi connectivity index (χ3n) is 4.92. The van der Waals surface area contributed by atoms with Crippen LogP contribution in [0.1, 0.15) is 12.8 Å². The van der Waals surface area contributed by atoms with Crippen LogP contribution in [0.3, 0.4) is 0 Å². The zero-order valence-electron chi connectivity index (χ0n) is 16.0. The van der Waals surface area contributed by atoms with Crippen molar-refractivity contribution in [2.45, 2.75) is 12.8 Å². The molecule has 0 aliphatic carbocycles. The molecule has 0 spiro atoms. The Kier molecular flexibility index (Phi) is 6.10. The lowest BCUT2D eigenvalue weighted by atomic mass is 10.0. The zero-order chi connectivity index (χ0) is 20.2. The molecule has 4 rings (SSSR count). The van der Waals surface area contributed by atoms with E-state index in [2.05, 4.69) is 31.2 Å². The van der Waals surface area contributed by atoms with Gasteiger partial charge in [-0.25, -0.2) is 14.4 Å². The highest BCUT2D eigenvalue weighted by Crippen LogP contribution is 2.35. The average Bonchev–Trinajstić information content (AvgIpc) is 2.74. The quantitative estimate of drug-likeness (QED) is 0.551. The molecular weight excluding hydrogens is 441 g/mol. The smallest absolute Gasteiger partial charge is 0.163 e. The number of methoxy groups -OCH3 is 1. The van der Waals surface area contributed by atoms with E-state index in [0.29, 0.717) is 50.9 Å². The second-order valence-corrected chi connectivity index (χ2v) is 7.77. The number of fused-ring (bicyclic) bond motifs is 1. The summed E-state index contributed by atoms with van der Waals surface area (Å²) >= 11 is 3.26. The van der Waals surface area contributed by atoms with E-state index in [4.69, 9.17) is 14.2 Å². The maximum absolute atomic E-state index is 14.2. The van der Waals surface area contributed by atoms with E-state index in [-0.39, 0.29) is 5.82 Å². The van der Waals surface area contributed by atoms with Crippen molar-refractivity contribution in [1.29, 1.82) is 0 Å². The Hall–Kier alpha value is -2.45. The van der Waals surface area contributed by atoms with Gasteiger partial charge in [-0.3, -0.25) is 0 Å². The molecule has 3 aromatic rings. The van der Waals surface area contributed by atoms with E-state index < -0.39 is 0 Å². The molecular formula is C21H21BrFN3O3. The number of nitrogens with zero attached hydrogens (tertiary/aromatic N) is 2. The van der Waals surface area contributed by atoms with Crippen molar-refractivity contribution in [3.8, 4) is 11.5 Å². The average molecular weight is 462 g/mol. The first-order chi connectivity index (χ1) is 14.1. The van der Waals surface area contributed by atoms with Gasteiger partial charge in [0, 0.05) is 29.1 Å². The highest BCUT2D eigenvalue weighted by Gasteiger charge is 2.17. The molecule has 152 valence electrons. The van der Waals surface area contributed by atoms with Gasteiger partial charge in [0.2, 0.25) is 0 Å². The van der Waals surface area contributed by atoms with Crippen LogP contribution < -0.4 is 14.8 Å². The first-order valence-electron chi connectivity index (χ1n) is 9.39. The molecule has 1 N–H and O–H groups in total. The Balaban J connectivity index is 1.62. The lowest BCUT2D eigenvalue weighted by Crippen LogP contribution is -2.21. The van der Waals surface area contributed by atoms with Gasteiger partial charge >= 0.3 is 0 Å². The summed E-state index contributed by atoms with van der Waals surface area (Å²) in [6, 6.07) is 8.45. The lowest BCUT2D eigenvalue weighted by Gasteiger charge is -2.22. The van der Waals surface area contributed by atoms with E-state index in [9.17, 15) is 4.39 Å². The summed E-state index contributed by atoms with van der Waals surface area (Å²) in [5, 5.41) is 3.75. The minimum absolute atomic E-state index is 0.326. The van der Waals surface area contributed by atoms with Gasteiger partial charge in [0.25, 0.3) is 0 Å². The molecule has 2 aromatic carbocycles. The van der Waals surface area contributed by atoms with Crippen molar-refractivity contribution in [1.82, 2.24) is 9.97 Å². The SMILES string of the molecule is COc1cc2c(Nc3ccc(Br)cc3F)ncnc2cc1OCC1CCOCC1. The summed E-state index contributed by atoms with van der Waals surface area (Å²) in [6.07, 6.45) is 3.42. The van der Waals surface area contributed by atoms with Gasteiger partial charge in [-0.2, -0.15) is 0 Å². The minimum atomic E-state index is -0.380. The van der Waals surface area contributed by atoms with Crippen LogP contribution in [0.4, 0.5) is 15.9 Å². The number of ether oxygens (including phenoxy) is 3. The van der Waals surface area contributed by atoms with Crippen LogP contribution in [0.15, 0.2) is 41.1 Å². The largest absolute Gasteiger partial charge is 0.493 e. The monoisotopic (exact) mass is 461 g/mol. The number of hydrogen-bond acceptors (Lipinski definition) is 6. The molecule has 0 amide bonds. The summed E-state index contributed by atoms with van der Waals surface area (Å²) in [5.41, 5.74) is 1.01. The Morgan fingerprint density at radius 3 is 2.76 bits per heavy atom. The number of hydrogen-bond donors (Lipinski definition) is 1. The number of rotatable bonds is 6. The van der Waals surface area contributed by atoms with E-state index in [1.54, 1.807) is 19.2 Å². The molecule has 0 saturated carbocycles. The van der Waals surface area contributed by atoms with Crippen molar-refractivity contribution in [2.24, 2.45) is 5.92 Å². The second-order valence-electron chi connectivity index (χ2n) is 6.86. The van der Waals surface area contributed by atoms with Crippen molar-refractivity contribution < 1.29 is 18.6 Å². The van der Waals surface area contributed by atoms with E-state index in [0.717, 1.165) is 26.1 Å².